The van der Waals surface area contributed by atoms with Crippen LogP contribution in [0, 0.1) is 5.92 Å². The second-order valence-electron chi connectivity index (χ2n) is 8.85. The number of amides is 1. The van der Waals surface area contributed by atoms with Crippen molar-refractivity contribution in [3.8, 4) is 17.2 Å². The largest absolute Gasteiger partial charge is 0.497 e. The Balaban J connectivity index is 1.32. The van der Waals surface area contributed by atoms with Gasteiger partial charge in [-0.25, -0.2) is 0 Å². The van der Waals surface area contributed by atoms with Crippen LogP contribution in [0.15, 0.2) is 42.5 Å². The fourth-order valence-corrected chi connectivity index (χ4v) is 4.33. The average molecular weight is 439 g/mol. The third-order valence-corrected chi connectivity index (χ3v) is 6.24. The molecule has 0 bridgehead atoms. The number of benzene rings is 2. The SMILES string of the molecule is COc1cccc(CN2CC(OCC3CC3)CN(Cc3cccc4c3OCO4)CC2=O)c1. The predicted molar refractivity (Wildman–Crippen MR) is 119 cm³/mol. The minimum Gasteiger partial charge on any atom is -0.497 e. The van der Waals surface area contributed by atoms with Crippen molar-refractivity contribution in [2.45, 2.75) is 32.0 Å². The van der Waals surface area contributed by atoms with E-state index in [1.54, 1.807) is 7.11 Å². The van der Waals surface area contributed by atoms with Gasteiger partial charge in [0.25, 0.3) is 0 Å². The summed E-state index contributed by atoms with van der Waals surface area (Å²) in [5.74, 6) is 3.14. The number of carbonyl (C=O) groups is 1. The van der Waals surface area contributed by atoms with Crippen molar-refractivity contribution < 1.29 is 23.7 Å². The van der Waals surface area contributed by atoms with Gasteiger partial charge in [-0.1, -0.05) is 24.3 Å². The summed E-state index contributed by atoms with van der Waals surface area (Å²) in [6.07, 6.45) is 2.47. The quantitative estimate of drug-likeness (QED) is 0.631. The minimum atomic E-state index is -0.0263. The average Bonchev–Trinajstić information content (AvgIpc) is 3.53. The topological polar surface area (TPSA) is 60.5 Å². The van der Waals surface area contributed by atoms with E-state index in [1.165, 1.54) is 12.8 Å². The molecule has 2 fully saturated rings. The van der Waals surface area contributed by atoms with Crippen LogP contribution in [0.3, 0.4) is 0 Å². The van der Waals surface area contributed by atoms with Gasteiger partial charge >= 0.3 is 0 Å². The van der Waals surface area contributed by atoms with E-state index < -0.39 is 0 Å². The highest BCUT2D eigenvalue weighted by Crippen LogP contribution is 2.36. The monoisotopic (exact) mass is 438 g/mol. The van der Waals surface area contributed by atoms with Crippen LogP contribution in [0.4, 0.5) is 0 Å². The molecule has 1 atom stereocenters. The molecular formula is C25H30N2O5. The number of hydrogen-bond acceptors (Lipinski definition) is 6. The van der Waals surface area contributed by atoms with Crippen molar-refractivity contribution in [3.05, 3.63) is 53.6 Å². The van der Waals surface area contributed by atoms with Crippen molar-refractivity contribution >= 4 is 5.91 Å². The number of nitrogens with zero attached hydrogens (tertiary/aromatic N) is 2. The first kappa shape index (κ1) is 21.1. The van der Waals surface area contributed by atoms with E-state index in [-0.39, 0.29) is 18.8 Å². The number of para-hydroxylation sites is 1. The first-order valence-corrected chi connectivity index (χ1v) is 11.3. The smallest absolute Gasteiger partial charge is 0.237 e. The minimum absolute atomic E-state index is 0.0263. The Hall–Kier alpha value is -2.77. The Kier molecular flexibility index (Phi) is 6.19. The van der Waals surface area contributed by atoms with E-state index in [0.29, 0.717) is 38.6 Å². The van der Waals surface area contributed by atoms with Crippen molar-refractivity contribution in [1.82, 2.24) is 9.80 Å². The molecule has 7 heteroatoms. The summed E-state index contributed by atoms with van der Waals surface area (Å²) >= 11 is 0. The van der Waals surface area contributed by atoms with Crippen molar-refractivity contribution in [1.29, 1.82) is 0 Å². The standard InChI is InChI=1S/C25H30N2O5/c1-29-21-6-2-4-19(10-21)11-27-14-22(30-16-18-8-9-18)13-26(15-24(27)28)12-20-5-3-7-23-25(20)32-17-31-23/h2-7,10,18,22H,8-9,11-17H2,1H3. The molecule has 0 N–H and O–H groups in total. The Bertz CT molecular complexity index is 961. The predicted octanol–water partition coefficient (Wildman–Crippen LogP) is 3.06. The molecule has 1 aliphatic carbocycles. The van der Waals surface area contributed by atoms with Gasteiger partial charge in [0, 0.05) is 38.3 Å². The van der Waals surface area contributed by atoms with Gasteiger partial charge in [-0.05, 0) is 42.5 Å². The molecule has 0 spiro atoms. The summed E-state index contributed by atoms with van der Waals surface area (Å²) in [7, 11) is 1.66. The van der Waals surface area contributed by atoms with Crippen molar-refractivity contribution in [3.63, 3.8) is 0 Å². The molecule has 2 aliphatic heterocycles. The molecule has 0 radical (unpaired) electrons. The summed E-state index contributed by atoms with van der Waals surface area (Å²) in [6, 6.07) is 13.8. The van der Waals surface area contributed by atoms with Crippen LogP contribution in [0.2, 0.25) is 0 Å². The summed E-state index contributed by atoms with van der Waals surface area (Å²) in [5.41, 5.74) is 2.09. The molecule has 3 aliphatic rings. The highest BCUT2D eigenvalue weighted by Gasteiger charge is 2.31. The highest BCUT2D eigenvalue weighted by atomic mass is 16.7. The molecule has 1 saturated heterocycles. The lowest BCUT2D eigenvalue weighted by molar-refractivity contribution is -0.132. The molecule has 5 rings (SSSR count). The van der Waals surface area contributed by atoms with Crippen molar-refractivity contribution in [2.24, 2.45) is 5.92 Å². The first-order chi connectivity index (χ1) is 15.7. The third-order valence-electron chi connectivity index (χ3n) is 6.24. The van der Waals surface area contributed by atoms with E-state index in [9.17, 15) is 4.79 Å². The van der Waals surface area contributed by atoms with Gasteiger partial charge in [-0.2, -0.15) is 0 Å². The van der Waals surface area contributed by atoms with Gasteiger partial charge in [0.05, 0.1) is 19.8 Å². The van der Waals surface area contributed by atoms with Gasteiger partial charge in [0.2, 0.25) is 12.7 Å². The number of carbonyl (C=O) groups excluding carboxylic acids is 1. The Labute approximate surface area is 188 Å². The summed E-state index contributed by atoms with van der Waals surface area (Å²) in [5, 5.41) is 0. The summed E-state index contributed by atoms with van der Waals surface area (Å²) < 4.78 is 22.8. The zero-order chi connectivity index (χ0) is 21.9. The molecule has 2 aromatic rings. The van der Waals surface area contributed by atoms with Crippen molar-refractivity contribution in [2.75, 3.05) is 40.1 Å². The van der Waals surface area contributed by atoms with E-state index in [0.717, 1.165) is 35.0 Å². The lowest BCUT2D eigenvalue weighted by Gasteiger charge is -2.25. The normalized spacial score (nSPS) is 21.0. The van der Waals surface area contributed by atoms with Crippen LogP contribution in [-0.2, 0) is 22.6 Å². The molecule has 1 saturated carbocycles. The molecule has 0 aromatic heterocycles. The molecule has 1 amide bonds. The zero-order valence-corrected chi connectivity index (χ0v) is 18.5. The fourth-order valence-electron chi connectivity index (χ4n) is 4.33. The Morgan fingerprint density at radius 1 is 1.06 bits per heavy atom. The number of rotatable bonds is 8. The molecule has 170 valence electrons. The maximum absolute atomic E-state index is 13.2. The highest BCUT2D eigenvalue weighted by molar-refractivity contribution is 5.78. The van der Waals surface area contributed by atoms with E-state index in [1.807, 2.05) is 47.4 Å². The number of methoxy groups -OCH3 is 1. The van der Waals surface area contributed by atoms with Crippen LogP contribution < -0.4 is 14.2 Å². The Morgan fingerprint density at radius 2 is 1.94 bits per heavy atom. The van der Waals surface area contributed by atoms with Gasteiger partial charge in [-0.3, -0.25) is 9.69 Å². The molecule has 32 heavy (non-hydrogen) atoms. The van der Waals surface area contributed by atoms with E-state index in [4.69, 9.17) is 18.9 Å². The third kappa shape index (κ3) is 5.00. The number of ether oxygens (including phenoxy) is 4. The number of hydrogen-bond donors (Lipinski definition) is 0. The molecule has 2 heterocycles. The van der Waals surface area contributed by atoms with Crippen LogP contribution in [0.25, 0.3) is 0 Å². The second-order valence-corrected chi connectivity index (χ2v) is 8.85. The van der Waals surface area contributed by atoms with Crippen LogP contribution in [-0.4, -0.2) is 62.0 Å². The summed E-state index contributed by atoms with van der Waals surface area (Å²) in [6.45, 7) is 3.82. The van der Waals surface area contributed by atoms with Crippen LogP contribution >= 0.6 is 0 Å². The first-order valence-electron chi connectivity index (χ1n) is 11.3. The Morgan fingerprint density at radius 3 is 2.78 bits per heavy atom. The van der Waals surface area contributed by atoms with Gasteiger partial charge in [0.1, 0.15) is 5.75 Å². The molecule has 1 unspecified atom stereocenters. The number of fused-ring (bicyclic) bond motifs is 1. The maximum Gasteiger partial charge on any atom is 0.237 e. The lowest BCUT2D eigenvalue weighted by Crippen LogP contribution is -2.37. The fraction of sp³-hybridized carbons (Fsp3) is 0.480. The molecular weight excluding hydrogens is 408 g/mol. The van der Waals surface area contributed by atoms with E-state index in [2.05, 4.69) is 4.90 Å². The molecule has 2 aromatic carbocycles. The van der Waals surface area contributed by atoms with E-state index >= 15 is 0 Å². The van der Waals surface area contributed by atoms with Crippen LogP contribution in [0.1, 0.15) is 24.0 Å². The van der Waals surface area contributed by atoms with Gasteiger partial charge in [0.15, 0.2) is 11.5 Å². The van der Waals surface area contributed by atoms with Gasteiger partial charge < -0.3 is 23.8 Å². The summed E-state index contributed by atoms with van der Waals surface area (Å²) in [4.78, 5) is 17.3. The van der Waals surface area contributed by atoms with Crippen LogP contribution in [0.5, 0.6) is 17.2 Å². The molecule has 7 nitrogen and oxygen atoms in total. The van der Waals surface area contributed by atoms with Gasteiger partial charge in [-0.15, -0.1) is 0 Å². The zero-order valence-electron chi connectivity index (χ0n) is 18.5. The second kappa shape index (κ2) is 9.38. The maximum atomic E-state index is 13.2. The lowest BCUT2D eigenvalue weighted by atomic mass is 10.1.